The molecule has 3 rings (SSSR count). The van der Waals surface area contributed by atoms with E-state index in [2.05, 4.69) is 5.32 Å². The SMILES string of the molecule is CC(=O)N1C[C@H]2C[C@@H](NCC(=O)N3CCC[C@H]3N)C[C@H]2C1. The lowest BCUT2D eigenvalue weighted by atomic mass is 10.0. The highest BCUT2D eigenvalue weighted by Crippen LogP contribution is 2.38. The predicted octanol–water partition coefficient (Wildman–Crippen LogP) is -0.260. The first kappa shape index (κ1) is 14.8. The predicted molar refractivity (Wildman–Crippen MR) is 79.2 cm³/mol. The lowest BCUT2D eigenvalue weighted by molar-refractivity contribution is -0.131. The molecule has 2 amide bonds. The summed E-state index contributed by atoms with van der Waals surface area (Å²) in [4.78, 5) is 27.3. The lowest BCUT2D eigenvalue weighted by Gasteiger charge is -2.23. The molecule has 21 heavy (non-hydrogen) atoms. The van der Waals surface area contributed by atoms with Crippen LogP contribution in [0.3, 0.4) is 0 Å². The van der Waals surface area contributed by atoms with E-state index in [1.807, 2.05) is 4.90 Å². The highest BCUT2D eigenvalue weighted by Gasteiger charge is 2.41. The van der Waals surface area contributed by atoms with E-state index in [0.29, 0.717) is 24.4 Å². The van der Waals surface area contributed by atoms with E-state index in [-0.39, 0.29) is 18.0 Å². The molecule has 6 heteroatoms. The molecule has 0 aromatic carbocycles. The second-order valence-electron chi connectivity index (χ2n) is 6.79. The van der Waals surface area contributed by atoms with E-state index in [4.69, 9.17) is 5.73 Å². The number of carbonyl (C=O) groups excluding carboxylic acids is 2. The number of amides is 2. The number of nitrogens with zero attached hydrogens (tertiary/aromatic N) is 2. The van der Waals surface area contributed by atoms with Crippen LogP contribution in [0.2, 0.25) is 0 Å². The van der Waals surface area contributed by atoms with Crippen molar-refractivity contribution in [3.05, 3.63) is 0 Å². The van der Waals surface area contributed by atoms with E-state index in [9.17, 15) is 9.59 Å². The van der Waals surface area contributed by atoms with Gasteiger partial charge in [-0.15, -0.1) is 0 Å². The summed E-state index contributed by atoms with van der Waals surface area (Å²) < 4.78 is 0. The van der Waals surface area contributed by atoms with Gasteiger partial charge in [-0.2, -0.15) is 0 Å². The largest absolute Gasteiger partial charge is 0.342 e. The molecule has 2 aliphatic heterocycles. The van der Waals surface area contributed by atoms with Crippen molar-refractivity contribution in [3.8, 4) is 0 Å². The van der Waals surface area contributed by atoms with Crippen molar-refractivity contribution in [3.63, 3.8) is 0 Å². The summed E-state index contributed by atoms with van der Waals surface area (Å²) in [5.74, 6) is 1.53. The average molecular weight is 294 g/mol. The molecule has 0 radical (unpaired) electrons. The topological polar surface area (TPSA) is 78.7 Å². The van der Waals surface area contributed by atoms with Gasteiger partial charge in [0.15, 0.2) is 0 Å². The van der Waals surface area contributed by atoms with Gasteiger partial charge in [-0.1, -0.05) is 0 Å². The van der Waals surface area contributed by atoms with Crippen molar-refractivity contribution < 1.29 is 9.59 Å². The van der Waals surface area contributed by atoms with E-state index in [1.165, 1.54) is 0 Å². The molecule has 4 atom stereocenters. The van der Waals surface area contributed by atoms with E-state index in [1.54, 1.807) is 11.8 Å². The van der Waals surface area contributed by atoms with Crippen molar-refractivity contribution in [1.29, 1.82) is 0 Å². The summed E-state index contributed by atoms with van der Waals surface area (Å²) in [5.41, 5.74) is 5.92. The Bertz CT molecular complexity index is 414. The molecule has 0 unspecified atom stereocenters. The normalized spacial score (nSPS) is 35.3. The Hall–Kier alpha value is -1.14. The standard InChI is InChI=1S/C15H26N4O2/c1-10(20)18-8-11-5-13(6-12(11)9-18)17-7-15(21)19-4-2-3-14(19)16/h11-14,17H,2-9,16H2,1H3/t11-,12+,13-,14-/m0/s1. The summed E-state index contributed by atoms with van der Waals surface area (Å²) in [6.45, 7) is 4.63. The van der Waals surface area contributed by atoms with E-state index >= 15 is 0 Å². The summed E-state index contributed by atoms with van der Waals surface area (Å²) in [7, 11) is 0. The molecular formula is C15H26N4O2. The first-order valence-corrected chi connectivity index (χ1v) is 8.08. The summed E-state index contributed by atoms with van der Waals surface area (Å²) in [6, 6.07) is 0.414. The first-order chi connectivity index (χ1) is 10.0. The van der Waals surface area contributed by atoms with Crippen LogP contribution in [0.15, 0.2) is 0 Å². The Morgan fingerprint density at radius 2 is 1.90 bits per heavy atom. The zero-order chi connectivity index (χ0) is 15.0. The molecule has 6 nitrogen and oxygen atoms in total. The van der Waals surface area contributed by atoms with Crippen molar-refractivity contribution in [1.82, 2.24) is 15.1 Å². The average Bonchev–Trinajstić information content (AvgIpc) is 3.09. The molecular weight excluding hydrogens is 268 g/mol. The zero-order valence-corrected chi connectivity index (χ0v) is 12.8. The van der Waals surface area contributed by atoms with Gasteiger partial charge in [0.1, 0.15) is 0 Å². The lowest BCUT2D eigenvalue weighted by Crippen LogP contribution is -2.46. The first-order valence-electron chi connectivity index (χ1n) is 8.08. The number of rotatable bonds is 3. The minimum absolute atomic E-state index is 0.0913. The third kappa shape index (κ3) is 3.06. The Morgan fingerprint density at radius 3 is 2.43 bits per heavy atom. The van der Waals surface area contributed by atoms with Crippen molar-refractivity contribution in [2.75, 3.05) is 26.2 Å². The highest BCUT2D eigenvalue weighted by atomic mass is 16.2. The maximum atomic E-state index is 12.1. The van der Waals surface area contributed by atoms with Gasteiger partial charge in [-0.05, 0) is 37.5 Å². The van der Waals surface area contributed by atoms with Gasteiger partial charge < -0.3 is 20.9 Å². The summed E-state index contributed by atoms with van der Waals surface area (Å²) in [6.07, 6.45) is 4.00. The highest BCUT2D eigenvalue weighted by molar-refractivity contribution is 5.78. The van der Waals surface area contributed by atoms with Crippen LogP contribution in [-0.4, -0.2) is 60.0 Å². The fourth-order valence-electron chi connectivity index (χ4n) is 4.16. The van der Waals surface area contributed by atoms with Crippen LogP contribution >= 0.6 is 0 Å². The molecule has 0 aromatic heterocycles. The minimum atomic E-state index is -0.0913. The second-order valence-corrected chi connectivity index (χ2v) is 6.79. The van der Waals surface area contributed by atoms with Crippen LogP contribution in [0.5, 0.6) is 0 Å². The smallest absolute Gasteiger partial charge is 0.237 e. The van der Waals surface area contributed by atoms with Gasteiger partial charge in [0.2, 0.25) is 11.8 Å². The molecule has 118 valence electrons. The zero-order valence-electron chi connectivity index (χ0n) is 12.8. The monoisotopic (exact) mass is 294 g/mol. The second kappa shape index (κ2) is 5.93. The molecule has 0 bridgehead atoms. The Kier molecular flexibility index (Phi) is 4.17. The number of fused-ring (bicyclic) bond motifs is 1. The van der Waals surface area contributed by atoms with Gasteiger partial charge in [0.25, 0.3) is 0 Å². The number of hydrogen-bond acceptors (Lipinski definition) is 4. The number of nitrogens with two attached hydrogens (primary N) is 1. The molecule has 1 aliphatic carbocycles. The van der Waals surface area contributed by atoms with Gasteiger partial charge in [-0.3, -0.25) is 9.59 Å². The van der Waals surface area contributed by atoms with E-state index in [0.717, 1.165) is 45.3 Å². The Morgan fingerprint density at radius 1 is 1.24 bits per heavy atom. The van der Waals surface area contributed by atoms with Crippen molar-refractivity contribution in [2.45, 2.75) is 44.8 Å². The molecule has 3 fully saturated rings. The van der Waals surface area contributed by atoms with Crippen molar-refractivity contribution in [2.24, 2.45) is 17.6 Å². The molecule has 1 saturated carbocycles. The van der Waals surface area contributed by atoms with Gasteiger partial charge in [0, 0.05) is 32.6 Å². The maximum absolute atomic E-state index is 12.1. The van der Waals surface area contributed by atoms with Crippen LogP contribution in [0.4, 0.5) is 0 Å². The Labute approximate surface area is 126 Å². The third-order valence-electron chi connectivity index (χ3n) is 5.36. The van der Waals surface area contributed by atoms with E-state index < -0.39 is 0 Å². The summed E-state index contributed by atoms with van der Waals surface area (Å²) >= 11 is 0. The molecule has 0 aromatic rings. The molecule has 3 aliphatic rings. The van der Waals surface area contributed by atoms with Gasteiger partial charge >= 0.3 is 0 Å². The van der Waals surface area contributed by atoms with Crippen molar-refractivity contribution >= 4 is 11.8 Å². The fraction of sp³-hybridized carbons (Fsp3) is 0.867. The molecule has 2 saturated heterocycles. The number of likely N-dealkylation sites (tertiary alicyclic amines) is 2. The van der Waals surface area contributed by atoms with Gasteiger partial charge in [-0.25, -0.2) is 0 Å². The Balaban J connectivity index is 1.42. The third-order valence-corrected chi connectivity index (χ3v) is 5.36. The van der Waals surface area contributed by atoms with Crippen LogP contribution in [-0.2, 0) is 9.59 Å². The van der Waals surface area contributed by atoms with Crippen LogP contribution in [0.1, 0.15) is 32.6 Å². The minimum Gasteiger partial charge on any atom is -0.342 e. The van der Waals surface area contributed by atoms with Crippen LogP contribution < -0.4 is 11.1 Å². The molecule has 3 N–H and O–H groups in total. The molecule has 0 spiro atoms. The summed E-state index contributed by atoms with van der Waals surface area (Å²) in [5, 5.41) is 3.40. The van der Waals surface area contributed by atoms with Gasteiger partial charge in [0.05, 0.1) is 12.7 Å². The van der Waals surface area contributed by atoms with Crippen LogP contribution in [0.25, 0.3) is 0 Å². The quantitative estimate of drug-likeness (QED) is 0.752. The fourth-order valence-corrected chi connectivity index (χ4v) is 4.16. The number of hydrogen-bond donors (Lipinski definition) is 2. The number of carbonyl (C=O) groups is 2. The number of nitrogens with one attached hydrogen (secondary N) is 1. The molecule has 2 heterocycles. The van der Waals surface area contributed by atoms with Crippen LogP contribution in [0, 0.1) is 11.8 Å². The maximum Gasteiger partial charge on any atom is 0.237 e.